The molecule has 0 fully saturated rings. The number of phenols is 1. The van der Waals surface area contributed by atoms with Gasteiger partial charge in [0.25, 0.3) is 0 Å². The highest BCUT2D eigenvalue weighted by molar-refractivity contribution is 9.09. The van der Waals surface area contributed by atoms with Gasteiger partial charge in [-0.25, -0.2) is 4.39 Å². The summed E-state index contributed by atoms with van der Waals surface area (Å²) in [5.41, 5.74) is 0.532. The molecular weight excluding hydrogens is 251 g/mol. The average Bonchev–Trinajstić information content (AvgIpc) is 2.19. The Morgan fingerprint density at radius 2 is 2.14 bits per heavy atom. The summed E-state index contributed by atoms with van der Waals surface area (Å²) in [5.74, 6) is -0.292. The summed E-state index contributed by atoms with van der Waals surface area (Å²) in [7, 11) is 0. The van der Waals surface area contributed by atoms with Crippen LogP contribution in [0.5, 0.6) is 5.75 Å². The van der Waals surface area contributed by atoms with Gasteiger partial charge < -0.3 is 10.2 Å². The molecule has 14 heavy (non-hydrogen) atoms. The fourth-order valence-corrected chi connectivity index (χ4v) is 1.48. The van der Waals surface area contributed by atoms with Gasteiger partial charge in [-0.2, -0.15) is 0 Å². The molecule has 4 heteroatoms. The zero-order chi connectivity index (χ0) is 10.6. The van der Waals surface area contributed by atoms with Crippen molar-refractivity contribution in [2.24, 2.45) is 0 Å². The first kappa shape index (κ1) is 11.5. The fraction of sp³-hybridized carbons (Fsp3) is 0.400. The number of aliphatic hydroxyl groups is 1. The number of aromatic hydroxyl groups is 1. The van der Waals surface area contributed by atoms with Gasteiger partial charge in [0.05, 0.1) is 6.10 Å². The third-order valence-electron chi connectivity index (χ3n) is 1.97. The molecule has 1 aromatic rings. The molecule has 0 bridgehead atoms. The molecule has 0 aliphatic carbocycles. The minimum atomic E-state index is -0.460. The molecule has 0 aromatic heterocycles. The molecule has 0 heterocycles. The second-order valence-electron chi connectivity index (χ2n) is 3.12. The highest BCUT2D eigenvalue weighted by Crippen LogP contribution is 2.20. The van der Waals surface area contributed by atoms with Gasteiger partial charge in [-0.1, -0.05) is 15.9 Å². The van der Waals surface area contributed by atoms with Crippen LogP contribution in [0.3, 0.4) is 0 Å². The van der Waals surface area contributed by atoms with Crippen molar-refractivity contribution >= 4 is 15.9 Å². The second-order valence-corrected chi connectivity index (χ2v) is 3.77. The summed E-state index contributed by atoms with van der Waals surface area (Å²) in [4.78, 5) is 0. The number of aliphatic hydroxyl groups excluding tert-OH is 1. The van der Waals surface area contributed by atoms with Crippen molar-refractivity contribution in [3.05, 3.63) is 29.6 Å². The lowest BCUT2D eigenvalue weighted by atomic mass is 10.1. The largest absolute Gasteiger partial charge is 0.508 e. The minimum absolute atomic E-state index is 0.0770. The maximum absolute atomic E-state index is 12.8. The molecule has 0 aliphatic heterocycles. The Balaban J connectivity index is 2.62. The van der Waals surface area contributed by atoms with Gasteiger partial charge in [0.2, 0.25) is 0 Å². The predicted octanol–water partition coefficient (Wildman–Crippen LogP) is 2.22. The molecular formula is C10H12BrFO2. The van der Waals surface area contributed by atoms with E-state index in [1.807, 2.05) is 0 Å². The summed E-state index contributed by atoms with van der Waals surface area (Å²) >= 11 is 3.13. The van der Waals surface area contributed by atoms with Crippen LogP contribution in [-0.2, 0) is 6.42 Å². The van der Waals surface area contributed by atoms with Crippen LogP contribution in [0.4, 0.5) is 4.39 Å². The topological polar surface area (TPSA) is 40.5 Å². The predicted molar refractivity (Wildman–Crippen MR) is 56.2 cm³/mol. The van der Waals surface area contributed by atoms with E-state index < -0.39 is 6.10 Å². The van der Waals surface area contributed by atoms with Crippen LogP contribution in [0.25, 0.3) is 0 Å². The summed E-state index contributed by atoms with van der Waals surface area (Å²) in [6.45, 7) is 0. The SMILES string of the molecule is Oc1ccc(F)cc1CC[C@H](O)CBr. The van der Waals surface area contributed by atoms with E-state index in [0.717, 1.165) is 0 Å². The molecule has 1 rings (SSSR count). The van der Waals surface area contributed by atoms with Gasteiger partial charge in [0.15, 0.2) is 0 Å². The summed E-state index contributed by atoms with van der Waals surface area (Å²) in [6.07, 6.45) is 0.510. The number of alkyl halides is 1. The quantitative estimate of drug-likeness (QED) is 0.818. The van der Waals surface area contributed by atoms with E-state index in [1.165, 1.54) is 18.2 Å². The Morgan fingerprint density at radius 1 is 1.43 bits per heavy atom. The maximum atomic E-state index is 12.8. The van der Waals surface area contributed by atoms with Gasteiger partial charge in [-0.15, -0.1) is 0 Å². The zero-order valence-electron chi connectivity index (χ0n) is 7.58. The summed E-state index contributed by atoms with van der Waals surface area (Å²) in [5, 5.41) is 19.1. The monoisotopic (exact) mass is 262 g/mol. The molecule has 0 spiro atoms. The van der Waals surface area contributed by atoms with Crippen molar-refractivity contribution in [2.45, 2.75) is 18.9 Å². The Morgan fingerprint density at radius 3 is 2.79 bits per heavy atom. The molecule has 0 aliphatic rings. The molecule has 2 nitrogen and oxygen atoms in total. The molecule has 0 saturated carbocycles. The van der Waals surface area contributed by atoms with Crippen LogP contribution in [0.2, 0.25) is 0 Å². The van der Waals surface area contributed by atoms with E-state index in [-0.39, 0.29) is 11.6 Å². The Bertz CT molecular complexity index is 304. The molecule has 2 N–H and O–H groups in total. The number of hydrogen-bond donors (Lipinski definition) is 2. The van der Waals surface area contributed by atoms with E-state index in [0.29, 0.717) is 23.7 Å². The van der Waals surface area contributed by atoms with Crippen LogP contribution in [0.1, 0.15) is 12.0 Å². The average molecular weight is 263 g/mol. The van der Waals surface area contributed by atoms with E-state index in [2.05, 4.69) is 15.9 Å². The second kappa shape index (κ2) is 5.32. The van der Waals surface area contributed by atoms with Crippen LogP contribution in [0, 0.1) is 5.82 Å². The number of rotatable bonds is 4. The van der Waals surface area contributed by atoms with Gasteiger partial charge in [-0.05, 0) is 36.6 Å². The highest BCUT2D eigenvalue weighted by Gasteiger charge is 2.06. The van der Waals surface area contributed by atoms with Gasteiger partial charge >= 0.3 is 0 Å². The maximum Gasteiger partial charge on any atom is 0.123 e. The lowest BCUT2D eigenvalue weighted by molar-refractivity contribution is 0.190. The molecule has 0 saturated heterocycles. The standard InChI is InChI=1S/C10H12BrFO2/c11-6-9(13)3-1-7-5-8(12)2-4-10(7)14/h2,4-5,9,13-14H,1,3,6H2/t9-/m0/s1. The van der Waals surface area contributed by atoms with Gasteiger partial charge in [0.1, 0.15) is 11.6 Å². The summed E-state index contributed by atoms with van der Waals surface area (Å²) in [6, 6.07) is 3.82. The number of hydrogen-bond acceptors (Lipinski definition) is 2. The zero-order valence-corrected chi connectivity index (χ0v) is 9.17. The third kappa shape index (κ3) is 3.27. The molecule has 0 amide bonds. The van der Waals surface area contributed by atoms with Crippen molar-refractivity contribution in [3.8, 4) is 5.75 Å². The molecule has 1 atom stereocenters. The van der Waals surface area contributed by atoms with Gasteiger partial charge in [-0.3, -0.25) is 0 Å². The number of phenolic OH excluding ortho intramolecular Hbond substituents is 1. The first-order valence-electron chi connectivity index (χ1n) is 4.35. The first-order chi connectivity index (χ1) is 6.63. The van der Waals surface area contributed by atoms with Crippen LogP contribution in [-0.4, -0.2) is 21.6 Å². The normalized spacial score (nSPS) is 12.8. The van der Waals surface area contributed by atoms with Crippen LogP contribution < -0.4 is 0 Å². The lowest BCUT2D eigenvalue weighted by Gasteiger charge is -2.07. The van der Waals surface area contributed by atoms with Crippen LogP contribution in [0.15, 0.2) is 18.2 Å². The Kier molecular flexibility index (Phi) is 4.35. The minimum Gasteiger partial charge on any atom is -0.508 e. The van der Waals surface area contributed by atoms with Crippen molar-refractivity contribution in [3.63, 3.8) is 0 Å². The Hall–Kier alpha value is -0.610. The number of halogens is 2. The Labute approximate surface area is 90.5 Å². The highest BCUT2D eigenvalue weighted by atomic mass is 79.9. The van der Waals surface area contributed by atoms with Crippen molar-refractivity contribution in [1.29, 1.82) is 0 Å². The van der Waals surface area contributed by atoms with E-state index in [4.69, 9.17) is 0 Å². The van der Waals surface area contributed by atoms with Gasteiger partial charge in [0, 0.05) is 5.33 Å². The van der Waals surface area contributed by atoms with E-state index >= 15 is 0 Å². The summed E-state index contributed by atoms with van der Waals surface area (Å²) < 4.78 is 12.8. The fourth-order valence-electron chi connectivity index (χ4n) is 1.15. The molecule has 0 unspecified atom stereocenters. The van der Waals surface area contributed by atoms with Crippen LogP contribution >= 0.6 is 15.9 Å². The van der Waals surface area contributed by atoms with E-state index in [1.54, 1.807) is 0 Å². The van der Waals surface area contributed by atoms with Crippen molar-refractivity contribution in [2.75, 3.05) is 5.33 Å². The molecule has 78 valence electrons. The molecule has 1 aromatic carbocycles. The van der Waals surface area contributed by atoms with Crippen molar-refractivity contribution in [1.82, 2.24) is 0 Å². The molecule has 0 radical (unpaired) electrons. The number of aryl methyl sites for hydroxylation is 1. The van der Waals surface area contributed by atoms with Crippen molar-refractivity contribution < 1.29 is 14.6 Å². The first-order valence-corrected chi connectivity index (χ1v) is 5.47. The third-order valence-corrected chi connectivity index (χ3v) is 2.71. The van der Waals surface area contributed by atoms with E-state index in [9.17, 15) is 14.6 Å². The lowest BCUT2D eigenvalue weighted by Crippen LogP contribution is -2.09. The smallest absolute Gasteiger partial charge is 0.123 e. The number of benzene rings is 1.